The molecule has 0 bridgehead atoms. The van der Waals surface area contributed by atoms with Gasteiger partial charge >= 0.3 is 5.97 Å². The number of hydrogen-bond acceptors (Lipinski definition) is 4. The zero-order chi connectivity index (χ0) is 13.3. The van der Waals surface area contributed by atoms with Crippen LogP contribution in [-0.2, 0) is 9.59 Å². The van der Waals surface area contributed by atoms with Crippen LogP contribution in [0, 0.1) is 0 Å². The maximum atomic E-state index is 9.87. The summed E-state index contributed by atoms with van der Waals surface area (Å²) in [4.78, 5) is 19.5. The van der Waals surface area contributed by atoms with E-state index in [0.29, 0.717) is 12.3 Å². The highest BCUT2D eigenvalue weighted by Crippen LogP contribution is 2.18. The first kappa shape index (κ1) is 15.0. The number of carboxylic acid groups (broad SMARTS) is 1. The van der Waals surface area contributed by atoms with Crippen LogP contribution in [0.25, 0.3) is 0 Å². The lowest BCUT2D eigenvalue weighted by molar-refractivity contribution is -0.139. The summed E-state index contributed by atoms with van der Waals surface area (Å²) in [5.74, 6) is -0.606. The van der Waals surface area contributed by atoms with Crippen LogP contribution in [0.4, 0.5) is 5.69 Å². The molecule has 0 saturated heterocycles. The highest BCUT2D eigenvalue weighted by Gasteiger charge is 1.98. The maximum Gasteiger partial charge on any atom is 0.310 e. The van der Waals surface area contributed by atoms with Crippen LogP contribution in [0.3, 0.4) is 0 Å². The number of anilines is 1. The van der Waals surface area contributed by atoms with Crippen LogP contribution in [0.2, 0.25) is 0 Å². The minimum atomic E-state index is -1.06. The number of rotatable bonds is 4. The Balaban J connectivity index is 0.000000325. The average molecular weight is 239 g/mol. The van der Waals surface area contributed by atoms with Crippen molar-refractivity contribution >= 4 is 17.4 Å². The Morgan fingerprint density at radius 2 is 1.94 bits per heavy atom. The molecule has 17 heavy (non-hydrogen) atoms. The molecule has 0 atom stereocenters. The van der Waals surface area contributed by atoms with E-state index < -0.39 is 5.97 Å². The Morgan fingerprint density at radius 3 is 2.29 bits per heavy atom. The van der Waals surface area contributed by atoms with Gasteiger partial charge in [0.25, 0.3) is 0 Å². The second-order valence-corrected chi connectivity index (χ2v) is 3.24. The maximum absolute atomic E-state index is 9.87. The lowest BCUT2D eigenvalue weighted by Crippen LogP contribution is -2.00. The van der Waals surface area contributed by atoms with Crippen LogP contribution in [0.15, 0.2) is 24.3 Å². The van der Waals surface area contributed by atoms with Gasteiger partial charge in [-0.05, 0) is 26.0 Å². The zero-order valence-corrected chi connectivity index (χ0v) is 9.97. The number of ether oxygens (including phenoxy) is 1. The fraction of sp³-hybridized carbons (Fsp3) is 0.333. The van der Waals surface area contributed by atoms with Crippen LogP contribution in [0.5, 0.6) is 5.75 Å². The molecule has 0 fully saturated rings. The number of carbonyl (C=O) groups excluding carboxylic acids is 1. The van der Waals surface area contributed by atoms with Crippen LogP contribution in [0.1, 0.15) is 20.3 Å². The van der Waals surface area contributed by atoms with E-state index in [1.165, 1.54) is 6.92 Å². The van der Waals surface area contributed by atoms with Gasteiger partial charge in [0.05, 0.1) is 12.3 Å². The normalized spacial score (nSPS) is 8.82. The van der Waals surface area contributed by atoms with Gasteiger partial charge in [-0.2, -0.15) is 0 Å². The predicted molar refractivity (Wildman–Crippen MR) is 65.0 cm³/mol. The molecule has 0 heterocycles. The fourth-order valence-corrected chi connectivity index (χ4v) is 0.980. The van der Waals surface area contributed by atoms with E-state index >= 15 is 0 Å². The summed E-state index contributed by atoms with van der Waals surface area (Å²) in [6.45, 7) is 3.84. The van der Waals surface area contributed by atoms with Gasteiger partial charge in [0.2, 0.25) is 0 Å². The molecule has 1 aromatic rings. The molecular weight excluding hydrogens is 222 g/mol. The number of aliphatic carboxylic acids is 1. The Kier molecular flexibility index (Phi) is 7.17. The quantitative estimate of drug-likeness (QED) is 0.616. The number of Topliss-reactive ketones (excluding diaryl/α,β-unsaturated/α-hetero) is 1. The van der Waals surface area contributed by atoms with Crippen LogP contribution in [-0.4, -0.2) is 23.5 Å². The number of hydrogen-bond donors (Lipinski definition) is 2. The molecule has 1 aromatic carbocycles. The highest BCUT2D eigenvalue weighted by atomic mass is 16.5. The average Bonchev–Trinajstić information content (AvgIpc) is 2.20. The van der Waals surface area contributed by atoms with Crippen molar-refractivity contribution in [2.45, 2.75) is 20.3 Å². The number of carboxylic acids is 1. The van der Waals surface area contributed by atoms with Crippen LogP contribution >= 0.6 is 0 Å². The van der Waals surface area contributed by atoms with Crippen molar-refractivity contribution < 1.29 is 19.4 Å². The van der Waals surface area contributed by atoms with E-state index in [4.69, 9.17) is 15.6 Å². The third-order valence-electron chi connectivity index (χ3n) is 1.62. The minimum Gasteiger partial charge on any atom is -0.492 e. The summed E-state index contributed by atoms with van der Waals surface area (Å²) in [5.41, 5.74) is 6.28. The standard InChI is InChI=1S/C8H11NO.C4H6O3/c1-2-10-8-6-4-3-5-7(8)9;1-3(5)2-4(6)7/h3-6H,2,9H2,1H3;2H2,1H3,(H,6,7). The van der Waals surface area contributed by atoms with Crippen molar-refractivity contribution in [2.24, 2.45) is 0 Å². The first-order valence-corrected chi connectivity index (χ1v) is 5.15. The zero-order valence-electron chi connectivity index (χ0n) is 9.97. The first-order chi connectivity index (χ1) is 7.97. The van der Waals surface area contributed by atoms with E-state index in [2.05, 4.69) is 0 Å². The fourth-order valence-electron chi connectivity index (χ4n) is 0.980. The number of benzene rings is 1. The van der Waals surface area contributed by atoms with Crippen molar-refractivity contribution in [3.63, 3.8) is 0 Å². The second-order valence-electron chi connectivity index (χ2n) is 3.24. The lowest BCUT2D eigenvalue weighted by Gasteiger charge is -2.04. The number of carbonyl (C=O) groups is 2. The molecule has 94 valence electrons. The summed E-state index contributed by atoms with van der Waals surface area (Å²) in [7, 11) is 0. The van der Waals surface area contributed by atoms with Gasteiger partial charge in [-0.15, -0.1) is 0 Å². The van der Waals surface area contributed by atoms with Crippen molar-refractivity contribution in [1.82, 2.24) is 0 Å². The molecule has 0 unspecified atom stereocenters. The number of para-hydroxylation sites is 2. The predicted octanol–water partition coefficient (Wildman–Crippen LogP) is 1.72. The molecular formula is C12H17NO4. The third kappa shape index (κ3) is 7.84. The Hall–Kier alpha value is -2.04. The van der Waals surface area contributed by atoms with Crippen molar-refractivity contribution in [3.05, 3.63) is 24.3 Å². The third-order valence-corrected chi connectivity index (χ3v) is 1.62. The van der Waals surface area contributed by atoms with Gasteiger partial charge in [0, 0.05) is 0 Å². The van der Waals surface area contributed by atoms with E-state index in [1.54, 1.807) is 0 Å². The monoisotopic (exact) mass is 239 g/mol. The van der Waals surface area contributed by atoms with Crippen LogP contribution < -0.4 is 10.5 Å². The summed E-state index contributed by atoms with van der Waals surface area (Å²) in [6.07, 6.45) is -0.361. The molecule has 5 nitrogen and oxygen atoms in total. The van der Waals surface area contributed by atoms with Crippen molar-refractivity contribution in [2.75, 3.05) is 12.3 Å². The van der Waals surface area contributed by atoms with E-state index in [1.807, 2.05) is 31.2 Å². The van der Waals surface area contributed by atoms with Gasteiger partial charge < -0.3 is 15.6 Å². The SMILES string of the molecule is CC(=O)CC(=O)O.CCOc1ccccc1N. The molecule has 0 spiro atoms. The molecule has 0 aliphatic rings. The van der Waals surface area contributed by atoms with Crippen molar-refractivity contribution in [3.8, 4) is 5.75 Å². The van der Waals surface area contributed by atoms with E-state index in [9.17, 15) is 9.59 Å². The summed E-state index contributed by atoms with van der Waals surface area (Å²) in [5, 5.41) is 7.86. The molecule has 1 rings (SSSR count). The summed E-state index contributed by atoms with van der Waals surface area (Å²) in [6, 6.07) is 7.48. The molecule has 0 aromatic heterocycles. The highest BCUT2D eigenvalue weighted by molar-refractivity contribution is 5.93. The van der Waals surface area contributed by atoms with Crippen molar-refractivity contribution in [1.29, 1.82) is 0 Å². The van der Waals surface area contributed by atoms with Gasteiger partial charge in [-0.1, -0.05) is 12.1 Å². The number of nitrogens with two attached hydrogens (primary N) is 1. The van der Waals surface area contributed by atoms with Gasteiger partial charge in [0.15, 0.2) is 0 Å². The Labute approximate surface area is 100 Å². The molecule has 0 saturated carbocycles. The second kappa shape index (κ2) is 8.15. The summed E-state index contributed by atoms with van der Waals surface area (Å²) < 4.78 is 5.21. The lowest BCUT2D eigenvalue weighted by atomic mass is 10.3. The van der Waals surface area contributed by atoms with Gasteiger partial charge in [0.1, 0.15) is 18.0 Å². The largest absolute Gasteiger partial charge is 0.492 e. The molecule has 5 heteroatoms. The molecule has 3 N–H and O–H groups in total. The van der Waals surface area contributed by atoms with Gasteiger partial charge in [-0.25, -0.2) is 0 Å². The number of nitrogen functional groups attached to an aromatic ring is 1. The molecule has 0 amide bonds. The topological polar surface area (TPSA) is 89.6 Å². The molecule has 0 aliphatic carbocycles. The molecule has 0 aliphatic heterocycles. The van der Waals surface area contributed by atoms with E-state index in [0.717, 1.165) is 5.75 Å². The summed E-state index contributed by atoms with van der Waals surface area (Å²) >= 11 is 0. The van der Waals surface area contributed by atoms with E-state index in [-0.39, 0.29) is 12.2 Å². The van der Waals surface area contributed by atoms with Gasteiger partial charge in [-0.3, -0.25) is 9.59 Å². The molecule has 0 radical (unpaired) electrons. The first-order valence-electron chi connectivity index (χ1n) is 5.15. The number of ketones is 1. The Bertz CT molecular complexity index is 365. The minimum absolute atomic E-state index is 0.312. The smallest absolute Gasteiger partial charge is 0.310 e. The Morgan fingerprint density at radius 1 is 1.35 bits per heavy atom.